The van der Waals surface area contributed by atoms with Crippen LogP contribution in [0.2, 0.25) is 0 Å². The van der Waals surface area contributed by atoms with E-state index < -0.39 is 4.92 Å². The quantitative estimate of drug-likeness (QED) is 0.674. The zero-order chi connectivity index (χ0) is 15.4. The highest BCUT2D eigenvalue weighted by atomic mass is 16.6. The summed E-state index contributed by atoms with van der Waals surface area (Å²) in [6.07, 6.45) is 0. The molecule has 0 aliphatic heterocycles. The van der Waals surface area contributed by atoms with Crippen molar-refractivity contribution in [1.29, 1.82) is 0 Å². The minimum atomic E-state index is -0.411. The Balaban J connectivity index is 2.51. The average molecular weight is 286 g/mol. The van der Waals surface area contributed by atoms with E-state index in [0.29, 0.717) is 17.8 Å². The minimum Gasteiger partial charge on any atom is -0.392 e. The maximum Gasteiger partial charge on any atom is 0.293 e. The fraction of sp³-hybridized carbons (Fsp3) is 0.250. The lowest BCUT2D eigenvalue weighted by Gasteiger charge is -2.23. The second-order valence-electron chi connectivity index (χ2n) is 4.82. The Morgan fingerprint density at radius 2 is 1.86 bits per heavy atom. The van der Waals surface area contributed by atoms with Crippen molar-refractivity contribution in [3.8, 4) is 0 Å². The summed E-state index contributed by atoms with van der Waals surface area (Å²) in [5.41, 5.74) is 3.11. The van der Waals surface area contributed by atoms with Crippen LogP contribution in [0.1, 0.15) is 18.1 Å². The normalized spacial score (nSPS) is 10.4. The van der Waals surface area contributed by atoms with E-state index in [9.17, 15) is 10.1 Å². The van der Waals surface area contributed by atoms with Crippen LogP contribution in [0.4, 0.5) is 17.1 Å². The Kier molecular flexibility index (Phi) is 4.55. The lowest BCUT2D eigenvalue weighted by atomic mass is 10.1. The molecule has 0 bridgehead atoms. The van der Waals surface area contributed by atoms with E-state index in [1.165, 1.54) is 6.07 Å². The first-order chi connectivity index (χ1) is 10.1. The second kappa shape index (κ2) is 6.37. The van der Waals surface area contributed by atoms with Crippen LogP contribution in [0.5, 0.6) is 0 Å². The maximum absolute atomic E-state index is 11.3. The van der Waals surface area contributed by atoms with Crippen LogP contribution in [0.3, 0.4) is 0 Å². The number of aryl methyl sites for hydroxylation is 1. The predicted octanol–water partition coefficient (Wildman–Crippen LogP) is 3.55. The van der Waals surface area contributed by atoms with Crippen LogP contribution in [0.25, 0.3) is 0 Å². The molecule has 110 valence electrons. The maximum atomic E-state index is 11.3. The van der Waals surface area contributed by atoms with Gasteiger partial charge in [0.15, 0.2) is 0 Å². The summed E-state index contributed by atoms with van der Waals surface area (Å²) in [5.74, 6) is 0. The lowest BCUT2D eigenvalue weighted by molar-refractivity contribution is -0.384. The van der Waals surface area contributed by atoms with Gasteiger partial charge in [0.05, 0.1) is 11.5 Å². The van der Waals surface area contributed by atoms with E-state index in [0.717, 1.165) is 11.3 Å². The van der Waals surface area contributed by atoms with Crippen molar-refractivity contribution in [2.45, 2.75) is 20.5 Å². The van der Waals surface area contributed by atoms with Crippen LogP contribution < -0.4 is 4.90 Å². The van der Waals surface area contributed by atoms with Gasteiger partial charge >= 0.3 is 0 Å². The SMILES string of the molecule is CCN(c1ccc(C)cc1)c1ccc(CO)cc1[N+](=O)[O-]. The number of nitro benzene ring substituents is 1. The minimum absolute atomic E-state index is 0.00368. The number of benzene rings is 2. The molecule has 0 aliphatic rings. The van der Waals surface area contributed by atoms with E-state index in [2.05, 4.69) is 0 Å². The molecule has 0 unspecified atom stereocenters. The van der Waals surface area contributed by atoms with Gasteiger partial charge in [0.2, 0.25) is 0 Å². The number of nitrogens with zero attached hydrogens (tertiary/aromatic N) is 2. The summed E-state index contributed by atoms with van der Waals surface area (Å²) in [5, 5.41) is 20.4. The second-order valence-corrected chi connectivity index (χ2v) is 4.82. The Bertz CT molecular complexity index is 638. The fourth-order valence-electron chi connectivity index (χ4n) is 2.26. The first-order valence-corrected chi connectivity index (χ1v) is 6.79. The molecule has 0 heterocycles. The molecule has 5 heteroatoms. The van der Waals surface area contributed by atoms with E-state index >= 15 is 0 Å². The number of aliphatic hydroxyl groups is 1. The van der Waals surface area contributed by atoms with Crippen molar-refractivity contribution in [3.05, 3.63) is 63.7 Å². The van der Waals surface area contributed by atoms with Gasteiger partial charge in [-0.25, -0.2) is 0 Å². The highest BCUT2D eigenvalue weighted by Crippen LogP contribution is 2.34. The van der Waals surface area contributed by atoms with Gasteiger partial charge in [-0.3, -0.25) is 10.1 Å². The van der Waals surface area contributed by atoms with Crippen LogP contribution >= 0.6 is 0 Å². The molecule has 0 radical (unpaired) electrons. The summed E-state index contributed by atoms with van der Waals surface area (Å²) >= 11 is 0. The molecule has 0 spiro atoms. The van der Waals surface area contributed by atoms with Gasteiger partial charge in [0, 0.05) is 18.3 Å². The molecule has 0 aromatic heterocycles. The van der Waals surface area contributed by atoms with Crippen molar-refractivity contribution in [2.24, 2.45) is 0 Å². The van der Waals surface area contributed by atoms with E-state index in [1.54, 1.807) is 12.1 Å². The first kappa shape index (κ1) is 15.0. The van der Waals surface area contributed by atoms with Gasteiger partial charge in [0.25, 0.3) is 5.69 Å². The van der Waals surface area contributed by atoms with Gasteiger partial charge < -0.3 is 10.0 Å². The smallest absolute Gasteiger partial charge is 0.293 e. The van der Waals surface area contributed by atoms with Gasteiger partial charge in [-0.1, -0.05) is 23.8 Å². The monoisotopic (exact) mass is 286 g/mol. The topological polar surface area (TPSA) is 66.6 Å². The van der Waals surface area contributed by atoms with Gasteiger partial charge in [0.1, 0.15) is 5.69 Å². The van der Waals surface area contributed by atoms with Crippen molar-refractivity contribution in [1.82, 2.24) is 0 Å². The lowest BCUT2D eigenvalue weighted by Crippen LogP contribution is -2.17. The molecule has 0 amide bonds. The third-order valence-electron chi connectivity index (χ3n) is 3.37. The van der Waals surface area contributed by atoms with Crippen molar-refractivity contribution in [2.75, 3.05) is 11.4 Å². The molecular formula is C16H18N2O3. The molecule has 2 aromatic carbocycles. The van der Waals surface area contributed by atoms with Crippen molar-refractivity contribution < 1.29 is 10.0 Å². The highest BCUT2D eigenvalue weighted by Gasteiger charge is 2.20. The summed E-state index contributed by atoms with van der Waals surface area (Å²) in [6, 6.07) is 12.7. The number of nitro groups is 1. The van der Waals surface area contributed by atoms with Crippen LogP contribution in [-0.4, -0.2) is 16.6 Å². The summed E-state index contributed by atoms with van der Waals surface area (Å²) in [4.78, 5) is 12.8. The number of aliphatic hydroxyl groups excluding tert-OH is 1. The predicted molar refractivity (Wildman–Crippen MR) is 82.9 cm³/mol. The largest absolute Gasteiger partial charge is 0.392 e. The zero-order valence-corrected chi connectivity index (χ0v) is 12.1. The number of rotatable bonds is 5. The molecule has 2 aromatic rings. The average Bonchev–Trinajstić information content (AvgIpc) is 2.50. The van der Waals surface area contributed by atoms with E-state index in [4.69, 9.17) is 5.11 Å². The third kappa shape index (κ3) is 3.20. The molecule has 0 fully saturated rings. The summed E-state index contributed by atoms with van der Waals surface area (Å²) in [7, 11) is 0. The standard InChI is InChI=1S/C16H18N2O3/c1-3-17(14-7-4-12(2)5-8-14)15-9-6-13(11-19)10-16(15)18(20)21/h4-10,19H,3,11H2,1-2H3. The Morgan fingerprint density at radius 3 is 2.38 bits per heavy atom. The molecule has 2 rings (SSSR count). The molecule has 1 N–H and O–H groups in total. The number of hydrogen-bond acceptors (Lipinski definition) is 4. The molecular weight excluding hydrogens is 268 g/mol. The Hall–Kier alpha value is -2.40. The molecule has 0 saturated heterocycles. The highest BCUT2D eigenvalue weighted by molar-refractivity contribution is 5.72. The summed E-state index contributed by atoms with van der Waals surface area (Å²) in [6.45, 7) is 4.35. The van der Waals surface area contributed by atoms with Crippen molar-refractivity contribution in [3.63, 3.8) is 0 Å². The zero-order valence-electron chi connectivity index (χ0n) is 12.1. The summed E-state index contributed by atoms with van der Waals surface area (Å²) < 4.78 is 0. The van der Waals surface area contributed by atoms with E-state index in [1.807, 2.05) is 43.0 Å². The number of anilines is 2. The molecule has 0 aliphatic carbocycles. The van der Waals surface area contributed by atoms with Crippen LogP contribution in [-0.2, 0) is 6.61 Å². The molecule has 21 heavy (non-hydrogen) atoms. The molecule has 5 nitrogen and oxygen atoms in total. The molecule has 0 atom stereocenters. The van der Waals surface area contributed by atoms with Crippen LogP contribution in [0.15, 0.2) is 42.5 Å². The van der Waals surface area contributed by atoms with Crippen LogP contribution in [0, 0.1) is 17.0 Å². The van der Waals surface area contributed by atoms with Crippen molar-refractivity contribution >= 4 is 17.1 Å². The first-order valence-electron chi connectivity index (χ1n) is 6.79. The number of hydrogen-bond donors (Lipinski definition) is 1. The third-order valence-corrected chi connectivity index (χ3v) is 3.37. The van der Waals surface area contributed by atoms with Gasteiger partial charge in [-0.05, 0) is 37.6 Å². The van der Waals surface area contributed by atoms with Gasteiger partial charge in [-0.15, -0.1) is 0 Å². The molecule has 0 saturated carbocycles. The Morgan fingerprint density at radius 1 is 1.19 bits per heavy atom. The fourth-order valence-corrected chi connectivity index (χ4v) is 2.26. The Labute approximate surface area is 123 Å². The van der Waals surface area contributed by atoms with Gasteiger partial charge in [-0.2, -0.15) is 0 Å². The van der Waals surface area contributed by atoms with E-state index in [-0.39, 0.29) is 12.3 Å².